The largest absolute Gasteiger partial charge is 0.497 e. The molecule has 3 rings (SSSR count). The maximum atomic E-state index is 14.2. The van der Waals surface area contributed by atoms with Crippen LogP contribution in [0.4, 0.5) is 4.39 Å². The zero-order valence-electron chi connectivity index (χ0n) is 10.5. The van der Waals surface area contributed by atoms with Crippen LogP contribution in [0.15, 0.2) is 36.4 Å². The molecule has 2 aromatic carbocycles. The number of nitrogens with zero attached hydrogens (tertiary/aromatic N) is 1. The summed E-state index contributed by atoms with van der Waals surface area (Å²) in [5, 5.41) is 0.0571. The van der Waals surface area contributed by atoms with Crippen molar-refractivity contribution in [2.45, 2.75) is 0 Å². The van der Waals surface area contributed by atoms with E-state index in [-0.39, 0.29) is 5.02 Å². The molecule has 0 aliphatic rings. The first-order chi connectivity index (χ1) is 9.61. The quantitative estimate of drug-likeness (QED) is 0.707. The molecule has 3 nitrogen and oxygen atoms in total. The standard InChI is InChI=1S/C14H10ClFN2OS/c1-19-8-5-6-10-12(7-8)18(14(20)17-10)11-4-2-3-9(15)13(11)16/h2-7H,1H3,(H,17,20). The molecule has 0 spiro atoms. The first-order valence-corrected chi connectivity index (χ1v) is 6.63. The van der Waals surface area contributed by atoms with Crippen molar-refractivity contribution in [2.24, 2.45) is 0 Å². The third-order valence-electron chi connectivity index (χ3n) is 3.06. The monoisotopic (exact) mass is 308 g/mol. The molecule has 0 atom stereocenters. The van der Waals surface area contributed by atoms with Crippen LogP contribution in [0.25, 0.3) is 16.7 Å². The van der Waals surface area contributed by atoms with Crippen LogP contribution in [0.2, 0.25) is 5.02 Å². The van der Waals surface area contributed by atoms with Crippen molar-refractivity contribution in [1.82, 2.24) is 9.55 Å². The number of nitrogens with one attached hydrogen (secondary N) is 1. The second-order valence-electron chi connectivity index (χ2n) is 4.22. The summed E-state index contributed by atoms with van der Waals surface area (Å²) in [6, 6.07) is 10.3. The molecule has 0 aliphatic carbocycles. The smallest absolute Gasteiger partial charge is 0.182 e. The molecule has 20 heavy (non-hydrogen) atoms. The predicted octanol–water partition coefficient (Wildman–Crippen LogP) is 4.49. The van der Waals surface area contributed by atoms with Crippen molar-refractivity contribution in [3.63, 3.8) is 0 Å². The van der Waals surface area contributed by atoms with Crippen molar-refractivity contribution in [3.05, 3.63) is 52.0 Å². The van der Waals surface area contributed by atoms with E-state index in [9.17, 15) is 4.39 Å². The minimum atomic E-state index is -0.506. The fraction of sp³-hybridized carbons (Fsp3) is 0.0714. The van der Waals surface area contributed by atoms with E-state index in [1.54, 1.807) is 29.9 Å². The summed E-state index contributed by atoms with van der Waals surface area (Å²) in [6.07, 6.45) is 0. The highest BCUT2D eigenvalue weighted by atomic mass is 35.5. The van der Waals surface area contributed by atoms with Crippen LogP contribution in [0.5, 0.6) is 5.75 Å². The van der Waals surface area contributed by atoms with Gasteiger partial charge in [-0.25, -0.2) is 4.39 Å². The molecule has 0 fully saturated rings. The Morgan fingerprint density at radius 3 is 2.85 bits per heavy atom. The van der Waals surface area contributed by atoms with Gasteiger partial charge < -0.3 is 9.72 Å². The van der Waals surface area contributed by atoms with Crippen LogP contribution in [0.3, 0.4) is 0 Å². The van der Waals surface area contributed by atoms with Gasteiger partial charge >= 0.3 is 0 Å². The third-order valence-corrected chi connectivity index (χ3v) is 3.64. The van der Waals surface area contributed by atoms with Crippen LogP contribution < -0.4 is 4.74 Å². The normalized spacial score (nSPS) is 10.9. The Kier molecular flexibility index (Phi) is 3.23. The van der Waals surface area contributed by atoms with Crippen LogP contribution in [-0.4, -0.2) is 16.7 Å². The summed E-state index contributed by atoms with van der Waals surface area (Å²) in [5.41, 5.74) is 1.84. The minimum Gasteiger partial charge on any atom is -0.497 e. The topological polar surface area (TPSA) is 29.9 Å². The van der Waals surface area contributed by atoms with Crippen LogP contribution >= 0.6 is 23.8 Å². The Hall–Kier alpha value is -1.85. The van der Waals surface area contributed by atoms with Crippen molar-refractivity contribution in [1.29, 1.82) is 0 Å². The molecule has 6 heteroatoms. The van der Waals surface area contributed by atoms with E-state index in [0.717, 1.165) is 11.0 Å². The fourth-order valence-electron chi connectivity index (χ4n) is 2.11. The molecule has 0 radical (unpaired) electrons. The van der Waals surface area contributed by atoms with Crippen LogP contribution in [0, 0.1) is 10.6 Å². The molecule has 102 valence electrons. The molecule has 0 bridgehead atoms. The number of rotatable bonds is 2. The molecule has 0 saturated carbocycles. The number of ether oxygens (including phenoxy) is 1. The first-order valence-electron chi connectivity index (χ1n) is 5.85. The molecular weight excluding hydrogens is 299 g/mol. The van der Waals surface area contributed by atoms with Gasteiger partial charge in [0, 0.05) is 6.07 Å². The van der Waals surface area contributed by atoms with Gasteiger partial charge in [0.2, 0.25) is 0 Å². The number of aromatic nitrogens is 2. The SMILES string of the molecule is COc1ccc2[nH]c(=S)n(-c3cccc(Cl)c3F)c2c1. The highest BCUT2D eigenvalue weighted by molar-refractivity contribution is 7.71. The lowest BCUT2D eigenvalue weighted by molar-refractivity contribution is 0.415. The molecular formula is C14H10ClFN2OS. The van der Waals surface area contributed by atoms with E-state index < -0.39 is 5.82 Å². The first kappa shape index (κ1) is 13.1. The van der Waals surface area contributed by atoms with Gasteiger partial charge in [-0.05, 0) is 36.5 Å². The third kappa shape index (κ3) is 1.99. The molecule has 3 aromatic rings. The lowest BCUT2D eigenvalue weighted by atomic mass is 10.2. The minimum absolute atomic E-state index is 0.0571. The Balaban J connectivity index is 2.38. The maximum absolute atomic E-state index is 14.2. The van der Waals surface area contributed by atoms with E-state index in [0.29, 0.717) is 16.2 Å². The molecule has 1 heterocycles. The zero-order chi connectivity index (χ0) is 14.3. The number of methoxy groups -OCH3 is 1. The summed E-state index contributed by atoms with van der Waals surface area (Å²) < 4.78 is 21.4. The number of hydrogen-bond donors (Lipinski definition) is 1. The van der Waals surface area contributed by atoms with Crippen molar-refractivity contribution in [3.8, 4) is 11.4 Å². The van der Waals surface area contributed by atoms with Gasteiger partial charge in [0.1, 0.15) is 5.75 Å². The summed E-state index contributed by atoms with van der Waals surface area (Å²) in [5.74, 6) is 0.164. The Morgan fingerprint density at radius 1 is 1.30 bits per heavy atom. The Bertz CT molecular complexity index is 856. The highest BCUT2D eigenvalue weighted by Crippen LogP contribution is 2.27. The Labute approximate surface area is 124 Å². The maximum Gasteiger partial charge on any atom is 0.182 e. The summed E-state index contributed by atoms with van der Waals surface area (Å²) in [4.78, 5) is 3.04. The van der Waals surface area contributed by atoms with Gasteiger partial charge in [0.05, 0.1) is 28.9 Å². The van der Waals surface area contributed by atoms with E-state index in [4.69, 9.17) is 28.6 Å². The lowest BCUT2D eigenvalue weighted by Crippen LogP contribution is -1.98. The number of H-pyrrole nitrogens is 1. The number of imidazole rings is 1. The second kappa shape index (κ2) is 4.92. The fourth-order valence-corrected chi connectivity index (χ4v) is 2.59. The number of halogens is 2. The van der Waals surface area contributed by atoms with Crippen molar-refractivity contribution in [2.75, 3.05) is 7.11 Å². The second-order valence-corrected chi connectivity index (χ2v) is 5.02. The van der Waals surface area contributed by atoms with Crippen LogP contribution in [-0.2, 0) is 0 Å². The lowest BCUT2D eigenvalue weighted by Gasteiger charge is -2.07. The van der Waals surface area contributed by atoms with Gasteiger partial charge in [0.25, 0.3) is 0 Å². The molecule has 1 aromatic heterocycles. The number of aromatic amines is 1. The number of fused-ring (bicyclic) bond motifs is 1. The van der Waals surface area contributed by atoms with E-state index >= 15 is 0 Å². The average Bonchev–Trinajstić information content (AvgIpc) is 2.77. The van der Waals surface area contributed by atoms with E-state index in [2.05, 4.69) is 4.98 Å². The van der Waals surface area contributed by atoms with Gasteiger partial charge in [-0.2, -0.15) is 0 Å². The highest BCUT2D eigenvalue weighted by Gasteiger charge is 2.13. The van der Waals surface area contributed by atoms with Gasteiger partial charge in [-0.1, -0.05) is 17.7 Å². The van der Waals surface area contributed by atoms with Crippen molar-refractivity contribution >= 4 is 34.9 Å². The Morgan fingerprint density at radius 2 is 2.10 bits per heavy atom. The summed E-state index contributed by atoms with van der Waals surface area (Å²) in [6.45, 7) is 0. The van der Waals surface area contributed by atoms with E-state index in [1.807, 2.05) is 12.1 Å². The number of benzene rings is 2. The van der Waals surface area contributed by atoms with Crippen LogP contribution in [0.1, 0.15) is 0 Å². The summed E-state index contributed by atoms with van der Waals surface area (Å²) in [7, 11) is 1.58. The average molecular weight is 309 g/mol. The molecule has 1 N–H and O–H groups in total. The molecule has 0 aliphatic heterocycles. The number of hydrogen-bond acceptors (Lipinski definition) is 2. The van der Waals surface area contributed by atoms with Crippen molar-refractivity contribution < 1.29 is 9.13 Å². The van der Waals surface area contributed by atoms with Gasteiger partial charge in [0.15, 0.2) is 10.6 Å². The molecule has 0 amide bonds. The zero-order valence-corrected chi connectivity index (χ0v) is 12.1. The van der Waals surface area contributed by atoms with Gasteiger partial charge in [-0.3, -0.25) is 4.57 Å². The van der Waals surface area contributed by atoms with Gasteiger partial charge in [-0.15, -0.1) is 0 Å². The predicted molar refractivity (Wildman–Crippen MR) is 80.0 cm³/mol. The molecule has 0 saturated heterocycles. The summed E-state index contributed by atoms with van der Waals surface area (Å²) >= 11 is 11.1. The van der Waals surface area contributed by atoms with E-state index in [1.165, 1.54) is 6.07 Å². The molecule has 0 unspecified atom stereocenters.